The molecule has 1 heterocycles. The van der Waals surface area contributed by atoms with Crippen LogP contribution in [0.2, 0.25) is 0 Å². The number of benzene rings is 3. The van der Waals surface area contributed by atoms with Gasteiger partial charge in [-0.1, -0.05) is 82.7 Å². The maximum atomic E-state index is 13.4. The number of hydrogen-bond donors (Lipinski definition) is 1. The van der Waals surface area contributed by atoms with Crippen molar-refractivity contribution in [3.05, 3.63) is 107 Å². The number of anilines is 1. The molecule has 0 saturated carbocycles. The highest BCUT2D eigenvalue weighted by atomic mass is 79.9. The Morgan fingerprint density at radius 2 is 1.52 bits per heavy atom. The first kappa shape index (κ1) is 19.3. The summed E-state index contributed by atoms with van der Waals surface area (Å²) in [6.45, 7) is 0. The molecule has 0 fully saturated rings. The fourth-order valence-corrected chi connectivity index (χ4v) is 3.71. The molecule has 29 heavy (non-hydrogen) atoms. The minimum atomic E-state index is -0.147. The van der Waals surface area contributed by atoms with Crippen LogP contribution in [-0.2, 0) is 0 Å². The average Bonchev–Trinajstić information content (AvgIpc) is 2.75. The van der Waals surface area contributed by atoms with Crippen LogP contribution in [0.5, 0.6) is 0 Å². The standard InChI is InChI=1S/C24H17BrN2OS/c25-19-13-11-18(12-14-19)23(28)22(27-15-4-1-5-16-27)24(29)26-21-10-6-8-17-7-2-3-9-20(17)21/h1-16H,(H-,26,28,29). The number of rotatable bonds is 4. The molecule has 3 nitrogen and oxygen atoms in total. The van der Waals surface area contributed by atoms with Gasteiger partial charge in [0.05, 0.1) is 0 Å². The van der Waals surface area contributed by atoms with Gasteiger partial charge in [-0.3, -0.25) is 0 Å². The lowest BCUT2D eigenvalue weighted by Gasteiger charge is -2.17. The van der Waals surface area contributed by atoms with Crippen LogP contribution in [0.1, 0.15) is 5.56 Å². The average molecular weight is 461 g/mol. The van der Waals surface area contributed by atoms with Crippen molar-refractivity contribution < 1.29 is 9.67 Å². The van der Waals surface area contributed by atoms with Crippen LogP contribution in [0.25, 0.3) is 22.2 Å². The molecule has 3 aromatic carbocycles. The lowest BCUT2D eigenvalue weighted by atomic mass is 10.1. The summed E-state index contributed by atoms with van der Waals surface area (Å²) in [4.78, 5) is 0.366. The second-order valence-electron chi connectivity index (χ2n) is 6.45. The van der Waals surface area contributed by atoms with Crippen molar-refractivity contribution in [3.63, 3.8) is 0 Å². The Kier molecular flexibility index (Phi) is 5.69. The zero-order valence-corrected chi connectivity index (χ0v) is 17.8. The fraction of sp³-hybridized carbons (Fsp3) is 0. The van der Waals surface area contributed by atoms with Gasteiger partial charge in [0.2, 0.25) is 5.70 Å². The molecule has 5 heteroatoms. The van der Waals surface area contributed by atoms with Crippen molar-refractivity contribution in [3.8, 4) is 0 Å². The molecule has 0 aliphatic rings. The lowest BCUT2D eigenvalue weighted by molar-refractivity contribution is -0.577. The summed E-state index contributed by atoms with van der Waals surface area (Å²) in [5.41, 5.74) is 1.84. The maximum absolute atomic E-state index is 13.4. The first-order valence-corrected chi connectivity index (χ1v) is 10.3. The lowest BCUT2D eigenvalue weighted by Crippen LogP contribution is -2.39. The minimum absolute atomic E-state index is 0.147. The Labute approximate surface area is 183 Å². The van der Waals surface area contributed by atoms with Crippen LogP contribution < -0.4 is 15.0 Å². The van der Waals surface area contributed by atoms with Crippen LogP contribution in [0, 0.1) is 0 Å². The van der Waals surface area contributed by atoms with E-state index in [9.17, 15) is 5.11 Å². The number of hydrogen-bond acceptors (Lipinski definition) is 2. The molecule has 0 bridgehead atoms. The molecule has 4 rings (SSSR count). The van der Waals surface area contributed by atoms with Crippen LogP contribution in [0.15, 0.2) is 102 Å². The van der Waals surface area contributed by atoms with E-state index in [4.69, 9.17) is 12.2 Å². The number of halogens is 1. The summed E-state index contributed by atoms with van der Waals surface area (Å²) in [6.07, 6.45) is 3.65. The first-order valence-electron chi connectivity index (χ1n) is 9.06. The van der Waals surface area contributed by atoms with E-state index in [0.717, 1.165) is 20.9 Å². The number of pyridine rings is 1. The third-order valence-corrected chi connectivity index (χ3v) is 5.37. The summed E-state index contributed by atoms with van der Waals surface area (Å²) in [6, 6.07) is 27.0. The third-order valence-electron chi connectivity index (χ3n) is 4.55. The van der Waals surface area contributed by atoms with Gasteiger partial charge in [-0.2, -0.15) is 4.57 Å². The molecule has 0 amide bonds. The van der Waals surface area contributed by atoms with E-state index in [0.29, 0.717) is 16.2 Å². The van der Waals surface area contributed by atoms with Gasteiger partial charge in [-0.05, 0) is 34.9 Å². The summed E-state index contributed by atoms with van der Waals surface area (Å²) >= 11 is 9.12. The zero-order chi connectivity index (χ0) is 20.2. The highest BCUT2D eigenvalue weighted by molar-refractivity contribution is 9.10. The van der Waals surface area contributed by atoms with Crippen molar-refractivity contribution in [2.75, 3.05) is 5.32 Å². The van der Waals surface area contributed by atoms with Crippen LogP contribution in [0.3, 0.4) is 0 Å². The van der Waals surface area contributed by atoms with Crippen molar-refractivity contribution >= 4 is 61.1 Å². The van der Waals surface area contributed by atoms with Gasteiger partial charge in [0.15, 0.2) is 17.4 Å². The Balaban J connectivity index is 1.80. The summed E-state index contributed by atoms with van der Waals surface area (Å²) in [5, 5.41) is 18.8. The van der Waals surface area contributed by atoms with E-state index in [-0.39, 0.29) is 5.76 Å². The molecule has 0 atom stereocenters. The Bertz CT molecular complexity index is 1200. The van der Waals surface area contributed by atoms with Crippen LogP contribution in [-0.4, -0.2) is 4.99 Å². The predicted octanol–water partition coefficient (Wildman–Crippen LogP) is 5.02. The molecular formula is C24H17BrN2OS. The Morgan fingerprint density at radius 1 is 0.828 bits per heavy atom. The smallest absolute Gasteiger partial charge is 0.238 e. The van der Waals surface area contributed by atoms with Gasteiger partial charge < -0.3 is 10.4 Å². The first-order chi connectivity index (χ1) is 14.1. The number of nitrogens with one attached hydrogen (secondary N) is 1. The second-order valence-corrected chi connectivity index (χ2v) is 7.77. The summed E-state index contributed by atoms with van der Waals surface area (Å²) in [7, 11) is 0. The third kappa shape index (κ3) is 4.21. The van der Waals surface area contributed by atoms with Crippen molar-refractivity contribution in [2.24, 2.45) is 0 Å². The molecule has 0 aliphatic heterocycles. The van der Waals surface area contributed by atoms with E-state index in [2.05, 4.69) is 21.2 Å². The van der Waals surface area contributed by atoms with Gasteiger partial charge in [0, 0.05) is 27.7 Å². The SMILES string of the molecule is [O-]/C(=C(\C(=S)Nc1cccc2ccccc12)[n+]1ccccc1)c1ccc(Br)cc1. The highest BCUT2D eigenvalue weighted by Gasteiger charge is 2.19. The number of aromatic nitrogens is 1. The molecule has 1 aromatic heterocycles. The number of fused-ring (bicyclic) bond motifs is 1. The van der Waals surface area contributed by atoms with E-state index in [1.54, 1.807) is 16.7 Å². The quantitative estimate of drug-likeness (QED) is 0.201. The fourth-order valence-electron chi connectivity index (χ4n) is 3.14. The molecule has 0 unspecified atom stereocenters. The summed E-state index contributed by atoms with van der Waals surface area (Å²) in [5.74, 6) is -0.147. The monoisotopic (exact) mass is 460 g/mol. The van der Waals surface area contributed by atoms with Crippen molar-refractivity contribution in [2.45, 2.75) is 0 Å². The van der Waals surface area contributed by atoms with Crippen LogP contribution >= 0.6 is 28.1 Å². The Morgan fingerprint density at radius 3 is 2.28 bits per heavy atom. The van der Waals surface area contributed by atoms with Gasteiger partial charge in [-0.25, -0.2) is 0 Å². The van der Waals surface area contributed by atoms with Crippen molar-refractivity contribution in [1.29, 1.82) is 0 Å². The van der Waals surface area contributed by atoms with Gasteiger partial charge in [0.25, 0.3) is 0 Å². The number of thiocarbonyl (C=S) groups is 1. The largest absolute Gasteiger partial charge is 0.867 e. The molecule has 4 aromatic rings. The zero-order valence-electron chi connectivity index (χ0n) is 15.4. The Hall–Kier alpha value is -3.02. The molecule has 0 saturated heterocycles. The molecule has 1 N–H and O–H groups in total. The summed E-state index contributed by atoms with van der Waals surface area (Å²) < 4.78 is 2.67. The molecular weight excluding hydrogens is 444 g/mol. The molecule has 142 valence electrons. The van der Waals surface area contributed by atoms with E-state index >= 15 is 0 Å². The van der Waals surface area contributed by atoms with E-state index in [1.807, 2.05) is 85.2 Å². The highest BCUT2D eigenvalue weighted by Crippen LogP contribution is 2.25. The maximum Gasteiger partial charge on any atom is 0.238 e. The number of nitrogens with zero attached hydrogens (tertiary/aromatic N) is 1. The molecule has 0 radical (unpaired) electrons. The predicted molar refractivity (Wildman–Crippen MR) is 124 cm³/mol. The van der Waals surface area contributed by atoms with Crippen LogP contribution in [0.4, 0.5) is 5.69 Å². The topological polar surface area (TPSA) is 39.0 Å². The second kappa shape index (κ2) is 8.55. The van der Waals surface area contributed by atoms with E-state index in [1.165, 1.54) is 0 Å². The normalized spacial score (nSPS) is 11.8. The molecule has 0 aliphatic carbocycles. The minimum Gasteiger partial charge on any atom is -0.867 e. The van der Waals surface area contributed by atoms with E-state index < -0.39 is 0 Å². The molecule has 0 spiro atoms. The van der Waals surface area contributed by atoms with Gasteiger partial charge in [0.1, 0.15) is 0 Å². The van der Waals surface area contributed by atoms with Gasteiger partial charge in [-0.15, -0.1) is 0 Å². The van der Waals surface area contributed by atoms with Gasteiger partial charge >= 0.3 is 0 Å². The van der Waals surface area contributed by atoms with Crippen molar-refractivity contribution in [1.82, 2.24) is 0 Å².